The van der Waals surface area contributed by atoms with E-state index in [1.165, 1.54) is 35.1 Å². The van der Waals surface area contributed by atoms with Gasteiger partial charge in [-0.15, -0.1) is 0 Å². The van der Waals surface area contributed by atoms with Crippen LogP contribution in [0, 0.1) is 24.0 Å². The topological polar surface area (TPSA) is 79.6 Å². The van der Waals surface area contributed by atoms with Crippen molar-refractivity contribution in [1.82, 2.24) is 9.88 Å². The average molecular weight is 439 g/mol. The fourth-order valence-electron chi connectivity index (χ4n) is 3.14. The van der Waals surface area contributed by atoms with Crippen LogP contribution in [-0.4, -0.2) is 47.9 Å². The standard InChI is InChI=1S/C23H26N4O3S/c1-16-6-12-20-22(17(16)2)24-23(31-20)26(15-5-14-25(3)4)21(28)13-9-18-7-10-19(11-8-18)27(29)30/h6-13H,5,14-15H2,1-4H3. The third-order valence-electron chi connectivity index (χ3n) is 5.08. The van der Waals surface area contributed by atoms with Gasteiger partial charge >= 0.3 is 0 Å². The van der Waals surface area contributed by atoms with Crippen LogP contribution < -0.4 is 4.90 Å². The summed E-state index contributed by atoms with van der Waals surface area (Å²) in [7, 11) is 4.01. The van der Waals surface area contributed by atoms with E-state index in [2.05, 4.69) is 17.9 Å². The largest absolute Gasteiger partial charge is 0.309 e. The fraction of sp³-hybridized carbons (Fsp3) is 0.304. The third kappa shape index (κ3) is 5.53. The number of hydrogen-bond donors (Lipinski definition) is 0. The zero-order valence-corrected chi connectivity index (χ0v) is 19.0. The number of non-ortho nitro benzene ring substituents is 1. The van der Waals surface area contributed by atoms with Gasteiger partial charge in [0.05, 0.1) is 15.1 Å². The molecule has 0 aliphatic carbocycles. The predicted octanol–water partition coefficient (Wildman–Crippen LogP) is 4.82. The van der Waals surface area contributed by atoms with Gasteiger partial charge in [0.25, 0.3) is 11.6 Å². The van der Waals surface area contributed by atoms with Gasteiger partial charge in [0, 0.05) is 24.8 Å². The number of aromatic nitrogens is 1. The van der Waals surface area contributed by atoms with E-state index in [0.717, 1.165) is 34.3 Å². The van der Waals surface area contributed by atoms with E-state index >= 15 is 0 Å². The Morgan fingerprint density at radius 2 is 1.84 bits per heavy atom. The molecule has 8 heteroatoms. The number of nitro benzene ring substituents is 1. The van der Waals surface area contributed by atoms with E-state index in [1.54, 1.807) is 23.1 Å². The normalized spacial score (nSPS) is 11.5. The summed E-state index contributed by atoms with van der Waals surface area (Å²) in [4.78, 5) is 32.0. The van der Waals surface area contributed by atoms with Crippen LogP contribution in [-0.2, 0) is 4.79 Å². The second-order valence-corrected chi connectivity index (χ2v) is 8.69. The predicted molar refractivity (Wildman–Crippen MR) is 127 cm³/mol. The highest BCUT2D eigenvalue weighted by Crippen LogP contribution is 2.32. The van der Waals surface area contributed by atoms with E-state index < -0.39 is 4.92 Å². The number of fused-ring (bicyclic) bond motifs is 1. The maximum atomic E-state index is 13.1. The molecule has 0 atom stereocenters. The Balaban J connectivity index is 1.86. The zero-order valence-electron chi connectivity index (χ0n) is 18.2. The van der Waals surface area contributed by atoms with Crippen LogP contribution in [0.15, 0.2) is 42.5 Å². The number of carbonyl (C=O) groups is 1. The van der Waals surface area contributed by atoms with Gasteiger partial charge in [-0.3, -0.25) is 19.8 Å². The summed E-state index contributed by atoms with van der Waals surface area (Å²) in [5.41, 5.74) is 3.98. The molecule has 162 valence electrons. The molecule has 3 aromatic rings. The van der Waals surface area contributed by atoms with Crippen LogP contribution in [0.25, 0.3) is 16.3 Å². The van der Waals surface area contributed by atoms with Crippen LogP contribution in [0.2, 0.25) is 0 Å². The van der Waals surface area contributed by atoms with Gasteiger partial charge in [-0.25, -0.2) is 4.98 Å². The summed E-state index contributed by atoms with van der Waals surface area (Å²) in [5, 5.41) is 11.5. The highest BCUT2D eigenvalue weighted by Gasteiger charge is 2.19. The highest BCUT2D eigenvalue weighted by molar-refractivity contribution is 7.22. The van der Waals surface area contributed by atoms with Crippen molar-refractivity contribution in [2.45, 2.75) is 20.3 Å². The lowest BCUT2D eigenvalue weighted by atomic mass is 10.1. The van der Waals surface area contributed by atoms with Crippen molar-refractivity contribution in [3.8, 4) is 0 Å². The molecule has 0 N–H and O–H groups in total. The van der Waals surface area contributed by atoms with Crippen LogP contribution in [0.1, 0.15) is 23.1 Å². The number of nitrogens with zero attached hydrogens (tertiary/aromatic N) is 4. The van der Waals surface area contributed by atoms with Crippen LogP contribution in [0.4, 0.5) is 10.8 Å². The molecule has 0 spiro atoms. The number of anilines is 1. The first-order valence-electron chi connectivity index (χ1n) is 10.0. The van der Waals surface area contributed by atoms with Gasteiger partial charge in [0.1, 0.15) is 0 Å². The van der Waals surface area contributed by atoms with E-state index in [1.807, 2.05) is 27.1 Å². The van der Waals surface area contributed by atoms with Gasteiger partial charge < -0.3 is 4.90 Å². The number of benzene rings is 2. The highest BCUT2D eigenvalue weighted by atomic mass is 32.1. The molecule has 1 aromatic heterocycles. The fourth-order valence-corrected chi connectivity index (χ4v) is 4.20. The molecule has 0 bridgehead atoms. The molecule has 7 nitrogen and oxygen atoms in total. The number of carbonyl (C=O) groups excluding carboxylic acids is 1. The molecule has 1 heterocycles. The number of rotatable bonds is 8. The SMILES string of the molecule is Cc1ccc2sc(N(CCCN(C)C)C(=O)C=Cc3ccc([N+](=O)[O-])cc3)nc2c1C. The van der Waals surface area contributed by atoms with Crippen molar-refractivity contribution in [3.63, 3.8) is 0 Å². The summed E-state index contributed by atoms with van der Waals surface area (Å²) >= 11 is 1.51. The summed E-state index contributed by atoms with van der Waals surface area (Å²) in [6, 6.07) is 10.2. The van der Waals surface area contributed by atoms with Gasteiger partial charge in [0.2, 0.25) is 0 Å². The summed E-state index contributed by atoms with van der Waals surface area (Å²) < 4.78 is 1.06. The molecule has 0 saturated heterocycles. The summed E-state index contributed by atoms with van der Waals surface area (Å²) in [6.07, 6.45) is 3.99. The second-order valence-electron chi connectivity index (χ2n) is 7.68. The Bertz CT molecular complexity index is 1120. The van der Waals surface area contributed by atoms with Crippen molar-refractivity contribution in [2.24, 2.45) is 0 Å². The van der Waals surface area contributed by atoms with Gasteiger partial charge in [-0.2, -0.15) is 0 Å². The molecular formula is C23H26N4O3S. The van der Waals surface area contributed by atoms with Crippen molar-refractivity contribution >= 4 is 44.4 Å². The lowest BCUT2D eigenvalue weighted by Gasteiger charge is -2.19. The average Bonchev–Trinajstić information content (AvgIpc) is 3.17. The van der Waals surface area contributed by atoms with Gasteiger partial charge in [0.15, 0.2) is 5.13 Å². The molecule has 31 heavy (non-hydrogen) atoms. The Morgan fingerprint density at radius 1 is 1.13 bits per heavy atom. The lowest BCUT2D eigenvalue weighted by Crippen LogP contribution is -2.32. The van der Waals surface area contributed by atoms with Crippen molar-refractivity contribution in [2.75, 3.05) is 32.1 Å². The first kappa shape index (κ1) is 22.6. The number of thiazole rings is 1. The van der Waals surface area contributed by atoms with Crippen LogP contribution >= 0.6 is 11.3 Å². The second kappa shape index (κ2) is 9.80. The monoisotopic (exact) mass is 438 g/mol. The minimum absolute atomic E-state index is 0.0222. The Hall–Kier alpha value is -3.10. The molecule has 2 aromatic carbocycles. The number of aryl methyl sites for hydroxylation is 2. The minimum Gasteiger partial charge on any atom is -0.309 e. The first-order chi connectivity index (χ1) is 14.8. The molecule has 0 unspecified atom stereocenters. The van der Waals surface area contributed by atoms with Crippen LogP contribution in [0.3, 0.4) is 0 Å². The van der Waals surface area contributed by atoms with Crippen LogP contribution in [0.5, 0.6) is 0 Å². The van der Waals surface area contributed by atoms with Crippen molar-refractivity contribution < 1.29 is 9.72 Å². The number of nitro groups is 1. The van der Waals surface area contributed by atoms with Crippen molar-refractivity contribution in [3.05, 3.63) is 69.3 Å². The Labute approximate surface area is 185 Å². The Morgan fingerprint density at radius 3 is 2.48 bits per heavy atom. The third-order valence-corrected chi connectivity index (χ3v) is 6.12. The number of hydrogen-bond acceptors (Lipinski definition) is 6. The molecular weight excluding hydrogens is 412 g/mol. The summed E-state index contributed by atoms with van der Waals surface area (Å²) in [5.74, 6) is -0.162. The van der Waals surface area contributed by atoms with E-state index in [9.17, 15) is 14.9 Å². The molecule has 0 radical (unpaired) electrons. The zero-order chi connectivity index (χ0) is 22.5. The molecule has 0 aliphatic rings. The summed E-state index contributed by atoms with van der Waals surface area (Å²) in [6.45, 7) is 5.52. The molecule has 0 aliphatic heterocycles. The molecule has 3 rings (SSSR count). The van der Waals surface area contributed by atoms with E-state index in [0.29, 0.717) is 11.7 Å². The lowest BCUT2D eigenvalue weighted by molar-refractivity contribution is -0.384. The van der Waals surface area contributed by atoms with Crippen molar-refractivity contribution in [1.29, 1.82) is 0 Å². The molecule has 1 amide bonds. The maximum Gasteiger partial charge on any atom is 0.269 e. The first-order valence-corrected chi connectivity index (χ1v) is 10.8. The molecule has 0 saturated carbocycles. The van der Waals surface area contributed by atoms with Gasteiger partial charge in [-0.05, 0) is 81.9 Å². The smallest absolute Gasteiger partial charge is 0.269 e. The Kier molecular flexibility index (Phi) is 7.14. The quantitative estimate of drug-likeness (QED) is 0.286. The molecule has 0 fully saturated rings. The van der Waals surface area contributed by atoms with Gasteiger partial charge in [-0.1, -0.05) is 17.4 Å². The van der Waals surface area contributed by atoms with E-state index in [-0.39, 0.29) is 11.6 Å². The maximum absolute atomic E-state index is 13.1. The minimum atomic E-state index is -0.442. The van der Waals surface area contributed by atoms with E-state index in [4.69, 9.17) is 4.98 Å². The number of amides is 1.